The number of amides is 2. The minimum atomic E-state index is -0.964. The highest BCUT2D eigenvalue weighted by Gasteiger charge is 2.26. The predicted molar refractivity (Wildman–Crippen MR) is 106 cm³/mol. The molecule has 2 heterocycles. The summed E-state index contributed by atoms with van der Waals surface area (Å²) in [6, 6.07) is 5.71. The quantitative estimate of drug-likeness (QED) is 0.821. The Kier molecular flexibility index (Phi) is 5.86. The first kappa shape index (κ1) is 20.1. The number of carboxylic acid groups (broad SMARTS) is 1. The Morgan fingerprint density at radius 2 is 1.96 bits per heavy atom. The Balaban J connectivity index is 1.55. The Labute approximate surface area is 165 Å². The van der Waals surface area contributed by atoms with Crippen molar-refractivity contribution in [2.75, 3.05) is 42.6 Å². The summed E-state index contributed by atoms with van der Waals surface area (Å²) in [5, 5.41) is 12.3. The SMILES string of the molecule is CC(C)(C)OC(=O)NCC1CCN(c2ccc3c(c2)N(C(=O)O)CCO3)CC1. The number of benzene rings is 1. The first-order valence-electron chi connectivity index (χ1n) is 9.72. The number of piperidine rings is 1. The normalized spacial score (nSPS) is 17.5. The van der Waals surface area contributed by atoms with Gasteiger partial charge in [-0.25, -0.2) is 9.59 Å². The van der Waals surface area contributed by atoms with Crippen molar-refractivity contribution >= 4 is 23.6 Å². The number of rotatable bonds is 3. The van der Waals surface area contributed by atoms with Gasteiger partial charge in [0.05, 0.1) is 12.2 Å². The van der Waals surface area contributed by atoms with Crippen LogP contribution in [0, 0.1) is 5.92 Å². The highest BCUT2D eigenvalue weighted by Crippen LogP contribution is 2.36. The molecule has 2 aliphatic rings. The van der Waals surface area contributed by atoms with Gasteiger partial charge in [0.2, 0.25) is 0 Å². The van der Waals surface area contributed by atoms with Gasteiger partial charge in [0.1, 0.15) is 18.0 Å². The van der Waals surface area contributed by atoms with Gasteiger partial charge in [-0.1, -0.05) is 0 Å². The maximum absolute atomic E-state index is 11.8. The van der Waals surface area contributed by atoms with E-state index in [4.69, 9.17) is 9.47 Å². The zero-order valence-electron chi connectivity index (χ0n) is 16.7. The van der Waals surface area contributed by atoms with Crippen LogP contribution in [0.4, 0.5) is 21.0 Å². The summed E-state index contributed by atoms with van der Waals surface area (Å²) >= 11 is 0. The second-order valence-corrected chi connectivity index (χ2v) is 8.25. The van der Waals surface area contributed by atoms with E-state index in [1.54, 1.807) is 0 Å². The van der Waals surface area contributed by atoms with Crippen LogP contribution in [0.15, 0.2) is 18.2 Å². The molecule has 0 saturated carbocycles. The molecule has 1 aromatic carbocycles. The maximum Gasteiger partial charge on any atom is 0.412 e. The number of nitrogens with zero attached hydrogens (tertiary/aromatic N) is 2. The van der Waals surface area contributed by atoms with Crippen molar-refractivity contribution in [3.63, 3.8) is 0 Å². The van der Waals surface area contributed by atoms with Crippen LogP contribution in [0.2, 0.25) is 0 Å². The molecule has 2 aliphatic heterocycles. The molecule has 1 aromatic rings. The standard InChI is InChI=1S/C20H29N3O5/c1-20(2,3)28-18(24)21-13-14-6-8-22(9-7-14)15-4-5-17-16(12-15)23(19(25)26)10-11-27-17/h4-5,12,14H,6-11,13H2,1-3H3,(H,21,24)(H,25,26). The summed E-state index contributed by atoms with van der Waals surface area (Å²) in [5.41, 5.74) is 1.10. The van der Waals surface area contributed by atoms with Gasteiger partial charge in [-0.15, -0.1) is 0 Å². The Morgan fingerprint density at radius 3 is 2.61 bits per heavy atom. The molecule has 154 valence electrons. The van der Waals surface area contributed by atoms with Gasteiger partial charge in [-0.05, 0) is 57.7 Å². The fourth-order valence-corrected chi connectivity index (χ4v) is 3.54. The summed E-state index contributed by atoms with van der Waals surface area (Å²) in [5.74, 6) is 1.01. The molecule has 0 aromatic heterocycles. The number of nitrogens with one attached hydrogen (secondary N) is 1. The van der Waals surface area contributed by atoms with E-state index in [9.17, 15) is 14.7 Å². The summed E-state index contributed by atoms with van der Waals surface area (Å²) in [4.78, 5) is 26.9. The Morgan fingerprint density at radius 1 is 1.25 bits per heavy atom. The maximum atomic E-state index is 11.8. The lowest BCUT2D eigenvalue weighted by Crippen LogP contribution is -2.40. The molecule has 28 heavy (non-hydrogen) atoms. The molecule has 0 aliphatic carbocycles. The zero-order valence-corrected chi connectivity index (χ0v) is 16.7. The molecule has 0 atom stereocenters. The number of ether oxygens (including phenoxy) is 2. The summed E-state index contributed by atoms with van der Waals surface area (Å²) < 4.78 is 10.9. The fourth-order valence-electron chi connectivity index (χ4n) is 3.54. The molecule has 0 unspecified atom stereocenters. The van der Waals surface area contributed by atoms with Crippen molar-refractivity contribution in [2.24, 2.45) is 5.92 Å². The second kappa shape index (κ2) is 8.16. The van der Waals surface area contributed by atoms with Crippen LogP contribution in [-0.2, 0) is 4.74 Å². The minimum absolute atomic E-state index is 0.337. The average Bonchev–Trinajstić information content (AvgIpc) is 2.64. The van der Waals surface area contributed by atoms with Crippen molar-refractivity contribution in [1.29, 1.82) is 0 Å². The van der Waals surface area contributed by atoms with Crippen molar-refractivity contribution in [1.82, 2.24) is 5.32 Å². The molecule has 8 nitrogen and oxygen atoms in total. The second-order valence-electron chi connectivity index (χ2n) is 8.25. The van der Waals surface area contributed by atoms with Crippen LogP contribution in [0.25, 0.3) is 0 Å². The summed E-state index contributed by atoms with van der Waals surface area (Å²) in [6.45, 7) is 8.56. The molecule has 1 saturated heterocycles. The van der Waals surface area contributed by atoms with Crippen molar-refractivity contribution in [3.8, 4) is 5.75 Å². The third kappa shape index (κ3) is 4.99. The van der Waals surface area contributed by atoms with Crippen LogP contribution in [0.3, 0.4) is 0 Å². The summed E-state index contributed by atoms with van der Waals surface area (Å²) in [7, 11) is 0. The molecule has 2 amide bonds. The van der Waals surface area contributed by atoms with Crippen molar-refractivity contribution < 1.29 is 24.2 Å². The van der Waals surface area contributed by atoms with Crippen molar-refractivity contribution in [3.05, 3.63) is 18.2 Å². The lowest BCUT2D eigenvalue weighted by molar-refractivity contribution is 0.0516. The van der Waals surface area contributed by atoms with Gasteiger partial charge in [0.15, 0.2) is 0 Å². The lowest BCUT2D eigenvalue weighted by Gasteiger charge is -2.35. The molecule has 3 rings (SSSR count). The van der Waals surface area contributed by atoms with E-state index < -0.39 is 11.7 Å². The van der Waals surface area contributed by atoms with Gasteiger partial charge >= 0.3 is 12.2 Å². The van der Waals surface area contributed by atoms with E-state index >= 15 is 0 Å². The smallest absolute Gasteiger partial charge is 0.412 e. The Hall–Kier alpha value is -2.64. The highest BCUT2D eigenvalue weighted by atomic mass is 16.6. The van der Waals surface area contributed by atoms with Crippen LogP contribution >= 0.6 is 0 Å². The molecule has 0 radical (unpaired) electrons. The molecular formula is C20H29N3O5. The summed E-state index contributed by atoms with van der Waals surface area (Å²) in [6.07, 6.45) is 0.560. The van der Waals surface area contributed by atoms with Crippen LogP contribution in [-0.4, -0.2) is 55.7 Å². The van der Waals surface area contributed by atoms with E-state index in [0.717, 1.165) is 31.6 Å². The average molecular weight is 391 g/mol. The third-order valence-corrected chi connectivity index (χ3v) is 4.95. The molecule has 2 N–H and O–H groups in total. The van der Waals surface area contributed by atoms with Crippen LogP contribution < -0.4 is 19.9 Å². The Bertz CT molecular complexity index is 723. The topological polar surface area (TPSA) is 91.3 Å². The largest absolute Gasteiger partial charge is 0.490 e. The van der Waals surface area contributed by atoms with Crippen LogP contribution in [0.5, 0.6) is 5.75 Å². The van der Waals surface area contributed by atoms with E-state index in [2.05, 4.69) is 10.2 Å². The predicted octanol–water partition coefficient (Wildman–Crippen LogP) is 3.30. The molecule has 1 fully saturated rings. The van der Waals surface area contributed by atoms with E-state index in [1.165, 1.54) is 4.90 Å². The molecule has 0 bridgehead atoms. The van der Waals surface area contributed by atoms with Crippen molar-refractivity contribution in [2.45, 2.75) is 39.2 Å². The van der Waals surface area contributed by atoms with Gasteiger partial charge < -0.3 is 24.8 Å². The van der Waals surface area contributed by atoms with Gasteiger partial charge in [0, 0.05) is 25.3 Å². The number of carbonyl (C=O) groups excluding carboxylic acids is 1. The molecule has 0 spiro atoms. The first-order chi connectivity index (χ1) is 13.2. The van der Waals surface area contributed by atoms with E-state index in [1.807, 2.05) is 39.0 Å². The number of anilines is 2. The number of fused-ring (bicyclic) bond motifs is 1. The number of hydrogen-bond acceptors (Lipinski definition) is 5. The number of hydrogen-bond donors (Lipinski definition) is 2. The first-order valence-corrected chi connectivity index (χ1v) is 9.72. The monoisotopic (exact) mass is 391 g/mol. The van der Waals surface area contributed by atoms with Gasteiger partial charge in [0.25, 0.3) is 0 Å². The highest BCUT2D eigenvalue weighted by molar-refractivity contribution is 5.90. The zero-order chi connectivity index (χ0) is 20.3. The third-order valence-electron chi connectivity index (χ3n) is 4.95. The van der Waals surface area contributed by atoms with Crippen LogP contribution in [0.1, 0.15) is 33.6 Å². The minimum Gasteiger partial charge on any atom is -0.490 e. The lowest BCUT2D eigenvalue weighted by atomic mass is 9.96. The molecule has 8 heteroatoms. The van der Waals surface area contributed by atoms with E-state index in [-0.39, 0.29) is 6.09 Å². The number of carbonyl (C=O) groups is 2. The molecular weight excluding hydrogens is 362 g/mol. The van der Waals surface area contributed by atoms with E-state index in [0.29, 0.717) is 37.1 Å². The fraction of sp³-hybridized carbons (Fsp3) is 0.600. The van der Waals surface area contributed by atoms with Gasteiger partial charge in [-0.3, -0.25) is 4.90 Å². The van der Waals surface area contributed by atoms with Gasteiger partial charge in [-0.2, -0.15) is 0 Å². The number of alkyl carbamates (subject to hydrolysis) is 1.